The minimum absolute atomic E-state index is 0.00253. The summed E-state index contributed by atoms with van der Waals surface area (Å²) in [5.74, 6) is -0.0946. The largest absolute Gasteiger partial charge is 0.454 e. The Bertz CT molecular complexity index is 790. The maximum Gasteiger partial charge on any atom is 0.311 e. The highest BCUT2D eigenvalue weighted by Gasteiger charge is 2.23. The van der Waals surface area contributed by atoms with E-state index in [1.165, 1.54) is 36.4 Å². The molecule has 1 aliphatic rings. The molecule has 0 spiro atoms. The minimum Gasteiger partial charge on any atom is -0.454 e. The van der Waals surface area contributed by atoms with Gasteiger partial charge in [0.2, 0.25) is 6.79 Å². The number of hydrogen-bond donors (Lipinski definition) is 0. The Labute approximate surface area is 135 Å². The van der Waals surface area contributed by atoms with Crippen LogP contribution >= 0.6 is 0 Å². The topological polar surface area (TPSA) is 87.9 Å². The molecule has 3 rings (SSSR count). The third-order valence-corrected chi connectivity index (χ3v) is 3.41. The number of hydrogen-bond acceptors (Lipinski definition) is 6. The van der Waals surface area contributed by atoms with Gasteiger partial charge in [0.25, 0.3) is 5.69 Å². The molecule has 0 saturated carbocycles. The summed E-state index contributed by atoms with van der Waals surface area (Å²) in [5.41, 5.74) is 0.203. The van der Waals surface area contributed by atoms with E-state index < -0.39 is 16.7 Å². The molecule has 0 saturated heterocycles. The molecule has 0 fully saturated rings. The van der Waals surface area contributed by atoms with E-state index in [0.717, 1.165) is 0 Å². The van der Waals surface area contributed by atoms with Crippen LogP contribution < -0.4 is 14.2 Å². The first-order valence-corrected chi connectivity index (χ1v) is 7.06. The molecular formula is C16H12FNO6. The highest BCUT2D eigenvalue weighted by Crippen LogP contribution is 2.38. The molecule has 24 heavy (non-hydrogen) atoms. The molecule has 0 amide bonds. The average molecular weight is 333 g/mol. The molecule has 8 heteroatoms. The van der Waals surface area contributed by atoms with Crippen molar-refractivity contribution in [1.29, 1.82) is 0 Å². The van der Waals surface area contributed by atoms with Crippen molar-refractivity contribution in [3.63, 3.8) is 0 Å². The van der Waals surface area contributed by atoms with E-state index in [1.807, 2.05) is 0 Å². The van der Waals surface area contributed by atoms with Crippen LogP contribution in [0.4, 0.5) is 10.1 Å². The van der Waals surface area contributed by atoms with Crippen molar-refractivity contribution in [2.75, 3.05) is 6.79 Å². The molecule has 7 nitrogen and oxygen atoms in total. The average Bonchev–Trinajstić information content (AvgIpc) is 3.01. The standard InChI is InChI=1S/C16H12FNO6/c17-11-2-4-12(5-3-11)24-16(19)6-1-10-7-14-15(23-9-22-14)8-13(10)18(20)21/h2-5,7-8H,1,6,9H2. The van der Waals surface area contributed by atoms with Crippen LogP contribution in [0.3, 0.4) is 0 Å². The number of halogens is 1. The molecule has 0 atom stereocenters. The van der Waals surface area contributed by atoms with Gasteiger partial charge in [-0.1, -0.05) is 0 Å². The Morgan fingerprint density at radius 2 is 1.88 bits per heavy atom. The van der Waals surface area contributed by atoms with Crippen molar-refractivity contribution in [2.45, 2.75) is 12.8 Å². The smallest absolute Gasteiger partial charge is 0.311 e. The fourth-order valence-electron chi connectivity index (χ4n) is 2.27. The number of nitro groups is 1. The van der Waals surface area contributed by atoms with Gasteiger partial charge in [-0.25, -0.2) is 4.39 Å². The molecule has 2 aromatic rings. The monoisotopic (exact) mass is 333 g/mol. The van der Waals surface area contributed by atoms with Gasteiger partial charge in [0.05, 0.1) is 17.4 Å². The predicted octanol–water partition coefficient (Wildman–Crippen LogP) is 3.00. The fraction of sp³-hybridized carbons (Fsp3) is 0.188. The lowest BCUT2D eigenvalue weighted by molar-refractivity contribution is -0.385. The molecule has 0 aromatic heterocycles. The van der Waals surface area contributed by atoms with E-state index in [0.29, 0.717) is 17.1 Å². The summed E-state index contributed by atoms with van der Waals surface area (Å²) in [6.45, 7) is 0.00253. The van der Waals surface area contributed by atoms with Gasteiger partial charge in [-0.05, 0) is 36.8 Å². The molecule has 0 radical (unpaired) electrons. The number of carbonyl (C=O) groups is 1. The summed E-state index contributed by atoms with van der Waals surface area (Å²) in [7, 11) is 0. The number of carbonyl (C=O) groups excluding carboxylic acids is 1. The van der Waals surface area contributed by atoms with Crippen LogP contribution in [-0.4, -0.2) is 17.7 Å². The second-order valence-electron chi connectivity index (χ2n) is 5.02. The predicted molar refractivity (Wildman–Crippen MR) is 79.6 cm³/mol. The Morgan fingerprint density at radius 3 is 2.54 bits per heavy atom. The molecule has 0 unspecified atom stereocenters. The van der Waals surface area contributed by atoms with E-state index >= 15 is 0 Å². The zero-order valence-electron chi connectivity index (χ0n) is 12.4. The van der Waals surface area contributed by atoms with E-state index in [9.17, 15) is 19.3 Å². The van der Waals surface area contributed by atoms with Crippen LogP contribution in [0.15, 0.2) is 36.4 Å². The van der Waals surface area contributed by atoms with Gasteiger partial charge in [0.15, 0.2) is 11.5 Å². The quantitative estimate of drug-likeness (QED) is 0.362. The maximum absolute atomic E-state index is 12.8. The van der Waals surface area contributed by atoms with Gasteiger partial charge in [0.1, 0.15) is 11.6 Å². The van der Waals surface area contributed by atoms with Crippen LogP contribution in [0, 0.1) is 15.9 Å². The first-order valence-electron chi connectivity index (χ1n) is 7.06. The molecule has 0 N–H and O–H groups in total. The van der Waals surface area contributed by atoms with E-state index in [-0.39, 0.29) is 31.1 Å². The number of aryl methyl sites for hydroxylation is 1. The van der Waals surface area contributed by atoms with Gasteiger partial charge in [-0.3, -0.25) is 14.9 Å². The number of fused-ring (bicyclic) bond motifs is 1. The first kappa shape index (κ1) is 15.7. The van der Waals surface area contributed by atoms with Crippen LogP contribution in [-0.2, 0) is 11.2 Å². The van der Waals surface area contributed by atoms with Crippen molar-refractivity contribution in [3.05, 3.63) is 57.9 Å². The van der Waals surface area contributed by atoms with Crippen molar-refractivity contribution in [3.8, 4) is 17.2 Å². The molecular weight excluding hydrogens is 321 g/mol. The summed E-state index contributed by atoms with van der Waals surface area (Å²) in [6, 6.07) is 7.78. The van der Waals surface area contributed by atoms with Crippen LogP contribution in [0.2, 0.25) is 0 Å². The zero-order valence-corrected chi connectivity index (χ0v) is 12.4. The van der Waals surface area contributed by atoms with E-state index in [2.05, 4.69) is 0 Å². The maximum atomic E-state index is 12.8. The lowest BCUT2D eigenvalue weighted by atomic mass is 10.1. The molecule has 124 valence electrons. The zero-order chi connectivity index (χ0) is 17.1. The van der Waals surface area contributed by atoms with Crippen LogP contribution in [0.5, 0.6) is 17.2 Å². The number of rotatable bonds is 5. The molecule has 1 aliphatic heterocycles. The third-order valence-electron chi connectivity index (χ3n) is 3.41. The normalized spacial score (nSPS) is 12.0. The highest BCUT2D eigenvalue weighted by atomic mass is 19.1. The summed E-state index contributed by atoms with van der Waals surface area (Å²) in [4.78, 5) is 22.5. The summed E-state index contributed by atoms with van der Waals surface area (Å²) in [6.07, 6.45) is 0.0326. The third kappa shape index (κ3) is 3.43. The Hall–Kier alpha value is -3.16. The van der Waals surface area contributed by atoms with Gasteiger partial charge >= 0.3 is 5.97 Å². The molecule has 0 bridgehead atoms. The Kier molecular flexibility index (Phi) is 4.28. The molecule has 0 aliphatic carbocycles. The minimum atomic E-state index is -0.575. The Morgan fingerprint density at radius 1 is 1.21 bits per heavy atom. The fourth-order valence-corrected chi connectivity index (χ4v) is 2.27. The molecule has 1 heterocycles. The van der Waals surface area contributed by atoms with Crippen molar-refractivity contribution in [2.24, 2.45) is 0 Å². The lowest BCUT2D eigenvalue weighted by Crippen LogP contribution is -2.09. The summed E-state index contributed by atoms with van der Waals surface area (Å²) < 4.78 is 28.1. The van der Waals surface area contributed by atoms with Crippen molar-refractivity contribution >= 4 is 11.7 Å². The van der Waals surface area contributed by atoms with Gasteiger partial charge in [-0.2, -0.15) is 0 Å². The number of nitrogens with zero attached hydrogens (tertiary/aromatic N) is 1. The van der Waals surface area contributed by atoms with Gasteiger partial charge in [-0.15, -0.1) is 0 Å². The number of nitro benzene ring substituents is 1. The van der Waals surface area contributed by atoms with E-state index in [4.69, 9.17) is 14.2 Å². The lowest BCUT2D eigenvalue weighted by Gasteiger charge is -2.06. The number of esters is 1. The summed E-state index contributed by atoms with van der Waals surface area (Å²) in [5, 5.41) is 11.1. The second-order valence-corrected chi connectivity index (χ2v) is 5.02. The van der Waals surface area contributed by atoms with Gasteiger partial charge < -0.3 is 14.2 Å². The molecule has 2 aromatic carbocycles. The first-order chi connectivity index (χ1) is 11.5. The van der Waals surface area contributed by atoms with Crippen LogP contribution in [0.1, 0.15) is 12.0 Å². The van der Waals surface area contributed by atoms with Crippen LogP contribution in [0.25, 0.3) is 0 Å². The van der Waals surface area contributed by atoms with Crippen molar-refractivity contribution in [1.82, 2.24) is 0 Å². The number of ether oxygens (including phenoxy) is 3. The van der Waals surface area contributed by atoms with Crippen molar-refractivity contribution < 1.29 is 28.3 Å². The van der Waals surface area contributed by atoms with E-state index in [1.54, 1.807) is 0 Å². The van der Waals surface area contributed by atoms with Gasteiger partial charge in [0, 0.05) is 5.56 Å². The SMILES string of the molecule is O=C(CCc1cc2c(cc1[N+](=O)[O-])OCO2)Oc1ccc(F)cc1. The summed E-state index contributed by atoms with van der Waals surface area (Å²) >= 11 is 0. The highest BCUT2D eigenvalue weighted by molar-refractivity contribution is 5.73. The Balaban J connectivity index is 1.68. The second kappa shape index (κ2) is 6.53. The number of benzene rings is 2.